The third-order valence-corrected chi connectivity index (χ3v) is 5.06. The van der Waals surface area contributed by atoms with Crippen LogP contribution >= 0.6 is 0 Å². The SMILES string of the molecule is CC1C(N)CC(C2CCCCC2)CN1C(=O)OC(C)(C)C. The van der Waals surface area contributed by atoms with E-state index in [1.54, 1.807) is 0 Å². The number of piperidine rings is 1. The summed E-state index contributed by atoms with van der Waals surface area (Å²) in [5.41, 5.74) is 5.87. The number of carbonyl (C=O) groups is 1. The molecule has 0 radical (unpaired) electrons. The van der Waals surface area contributed by atoms with Gasteiger partial charge in [-0.15, -0.1) is 0 Å². The van der Waals surface area contributed by atoms with E-state index in [0.717, 1.165) is 18.9 Å². The minimum absolute atomic E-state index is 0.0678. The molecule has 1 saturated heterocycles. The molecule has 3 atom stereocenters. The molecule has 2 aliphatic rings. The fourth-order valence-electron chi connectivity index (χ4n) is 3.78. The Morgan fingerprint density at radius 1 is 1.14 bits per heavy atom. The zero-order valence-corrected chi connectivity index (χ0v) is 14.1. The highest BCUT2D eigenvalue weighted by molar-refractivity contribution is 5.68. The largest absolute Gasteiger partial charge is 0.444 e. The van der Waals surface area contributed by atoms with Crippen LogP contribution in [-0.4, -0.2) is 35.2 Å². The van der Waals surface area contributed by atoms with Crippen LogP contribution < -0.4 is 5.73 Å². The fraction of sp³-hybridized carbons (Fsp3) is 0.941. The molecule has 3 unspecified atom stereocenters. The zero-order chi connectivity index (χ0) is 15.6. The maximum Gasteiger partial charge on any atom is 0.410 e. The third-order valence-electron chi connectivity index (χ3n) is 5.06. The second kappa shape index (κ2) is 6.55. The maximum absolute atomic E-state index is 12.4. The molecule has 2 rings (SSSR count). The van der Waals surface area contributed by atoms with Gasteiger partial charge in [0, 0.05) is 18.6 Å². The van der Waals surface area contributed by atoms with Crippen molar-refractivity contribution < 1.29 is 9.53 Å². The summed E-state index contributed by atoms with van der Waals surface area (Å²) in [5.74, 6) is 1.28. The van der Waals surface area contributed by atoms with E-state index in [0.29, 0.717) is 5.92 Å². The molecule has 1 heterocycles. The van der Waals surface area contributed by atoms with E-state index in [1.165, 1.54) is 32.1 Å². The van der Waals surface area contributed by atoms with Gasteiger partial charge in [0.2, 0.25) is 0 Å². The highest BCUT2D eigenvalue weighted by atomic mass is 16.6. The molecule has 2 N–H and O–H groups in total. The smallest absolute Gasteiger partial charge is 0.410 e. The van der Waals surface area contributed by atoms with Gasteiger partial charge < -0.3 is 15.4 Å². The highest BCUT2D eigenvalue weighted by Crippen LogP contribution is 2.36. The Kier molecular flexibility index (Phi) is 5.18. The number of likely N-dealkylation sites (tertiary alicyclic amines) is 1. The quantitative estimate of drug-likeness (QED) is 0.805. The first-order valence-corrected chi connectivity index (χ1v) is 8.53. The molecule has 1 aliphatic carbocycles. The van der Waals surface area contributed by atoms with Gasteiger partial charge in [0.15, 0.2) is 0 Å². The number of carbonyl (C=O) groups excluding carboxylic acids is 1. The summed E-state index contributed by atoms with van der Waals surface area (Å²) < 4.78 is 5.56. The minimum atomic E-state index is -0.446. The van der Waals surface area contributed by atoms with Crippen LogP contribution in [0.4, 0.5) is 4.79 Å². The molecule has 2 fully saturated rings. The van der Waals surface area contributed by atoms with Crippen LogP contribution in [0.2, 0.25) is 0 Å². The predicted octanol–water partition coefficient (Wildman–Crippen LogP) is 3.54. The van der Waals surface area contributed by atoms with Crippen molar-refractivity contribution in [1.82, 2.24) is 4.90 Å². The molecular formula is C17H32N2O2. The molecule has 122 valence electrons. The van der Waals surface area contributed by atoms with E-state index >= 15 is 0 Å². The summed E-state index contributed by atoms with van der Waals surface area (Å²) in [6, 6.07) is 0.137. The Morgan fingerprint density at radius 3 is 2.33 bits per heavy atom. The van der Waals surface area contributed by atoms with E-state index in [1.807, 2.05) is 32.6 Å². The van der Waals surface area contributed by atoms with Gasteiger partial charge in [-0.1, -0.05) is 32.1 Å². The maximum atomic E-state index is 12.4. The lowest BCUT2D eigenvalue weighted by Crippen LogP contribution is -2.57. The first-order valence-electron chi connectivity index (χ1n) is 8.53. The first kappa shape index (κ1) is 16.6. The number of hydrogen-bond donors (Lipinski definition) is 1. The van der Waals surface area contributed by atoms with Crippen LogP contribution in [-0.2, 0) is 4.74 Å². The number of nitrogens with zero attached hydrogens (tertiary/aromatic N) is 1. The minimum Gasteiger partial charge on any atom is -0.444 e. The van der Waals surface area contributed by atoms with E-state index in [2.05, 4.69) is 0 Å². The monoisotopic (exact) mass is 296 g/mol. The molecule has 4 heteroatoms. The third kappa shape index (κ3) is 4.35. The normalized spacial score (nSPS) is 32.0. The Hall–Kier alpha value is -0.770. The van der Waals surface area contributed by atoms with E-state index < -0.39 is 5.60 Å². The molecule has 1 aliphatic heterocycles. The van der Waals surface area contributed by atoms with Crippen molar-refractivity contribution in [2.45, 2.75) is 83.9 Å². The summed E-state index contributed by atoms with van der Waals surface area (Å²) in [7, 11) is 0. The van der Waals surface area contributed by atoms with E-state index in [-0.39, 0.29) is 18.2 Å². The second-order valence-electron chi connectivity index (χ2n) is 7.93. The van der Waals surface area contributed by atoms with Crippen molar-refractivity contribution in [2.75, 3.05) is 6.54 Å². The average molecular weight is 296 g/mol. The summed E-state index contributed by atoms with van der Waals surface area (Å²) in [4.78, 5) is 14.3. The predicted molar refractivity (Wildman–Crippen MR) is 85.1 cm³/mol. The molecule has 0 spiro atoms. The molecule has 0 aromatic heterocycles. The molecule has 0 bridgehead atoms. The Bertz CT molecular complexity index is 358. The fourth-order valence-corrected chi connectivity index (χ4v) is 3.78. The molecule has 1 amide bonds. The van der Waals surface area contributed by atoms with Crippen LogP contribution in [0.1, 0.15) is 66.2 Å². The van der Waals surface area contributed by atoms with Gasteiger partial charge in [0.25, 0.3) is 0 Å². The lowest BCUT2D eigenvalue weighted by molar-refractivity contribution is -0.00550. The summed E-state index contributed by atoms with van der Waals surface area (Å²) in [5, 5.41) is 0. The lowest BCUT2D eigenvalue weighted by atomic mass is 9.74. The van der Waals surface area contributed by atoms with Crippen molar-refractivity contribution in [1.29, 1.82) is 0 Å². The molecule has 1 saturated carbocycles. The van der Waals surface area contributed by atoms with Gasteiger partial charge in [-0.25, -0.2) is 4.79 Å². The number of amides is 1. The molecular weight excluding hydrogens is 264 g/mol. The summed E-state index contributed by atoms with van der Waals surface area (Å²) in [6.07, 6.45) is 7.47. The van der Waals surface area contributed by atoms with Crippen LogP contribution in [0, 0.1) is 11.8 Å². The van der Waals surface area contributed by atoms with Gasteiger partial charge in [-0.2, -0.15) is 0 Å². The summed E-state index contributed by atoms with van der Waals surface area (Å²) in [6.45, 7) is 8.61. The number of nitrogens with two attached hydrogens (primary N) is 1. The molecule has 0 aromatic carbocycles. The van der Waals surface area contributed by atoms with Crippen LogP contribution in [0.25, 0.3) is 0 Å². The van der Waals surface area contributed by atoms with Gasteiger partial charge in [-0.3, -0.25) is 0 Å². The topological polar surface area (TPSA) is 55.6 Å². The van der Waals surface area contributed by atoms with Gasteiger partial charge in [0.05, 0.1) is 0 Å². The summed E-state index contributed by atoms with van der Waals surface area (Å²) >= 11 is 0. The molecule has 21 heavy (non-hydrogen) atoms. The van der Waals surface area contributed by atoms with E-state index in [9.17, 15) is 4.79 Å². The van der Waals surface area contributed by atoms with Crippen LogP contribution in [0.3, 0.4) is 0 Å². The first-order chi connectivity index (χ1) is 9.78. The van der Waals surface area contributed by atoms with Crippen LogP contribution in [0.5, 0.6) is 0 Å². The Balaban J connectivity index is 2.03. The van der Waals surface area contributed by atoms with Crippen molar-refractivity contribution >= 4 is 6.09 Å². The van der Waals surface area contributed by atoms with Crippen molar-refractivity contribution in [3.05, 3.63) is 0 Å². The van der Waals surface area contributed by atoms with Crippen LogP contribution in [0.15, 0.2) is 0 Å². The Morgan fingerprint density at radius 2 is 1.76 bits per heavy atom. The highest BCUT2D eigenvalue weighted by Gasteiger charge is 2.39. The standard InChI is InChI=1S/C17H32N2O2/c1-12-15(18)10-14(13-8-6-5-7-9-13)11-19(12)16(20)21-17(2,3)4/h12-15H,5-11,18H2,1-4H3. The van der Waals surface area contributed by atoms with Crippen molar-refractivity contribution in [3.8, 4) is 0 Å². The van der Waals surface area contributed by atoms with Gasteiger partial charge in [0.1, 0.15) is 5.60 Å². The zero-order valence-electron chi connectivity index (χ0n) is 14.1. The number of rotatable bonds is 1. The van der Waals surface area contributed by atoms with Gasteiger partial charge in [-0.05, 0) is 46.0 Å². The molecule has 0 aromatic rings. The van der Waals surface area contributed by atoms with Crippen molar-refractivity contribution in [2.24, 2.45) is 17.6 Å². The number of ether oxygens (including phenoxy) is 1. The average Bonchev–Trinajstić information content (AvgIpc) is 2.40. The second-order valence-corrected chi connectivity index (χ2v) is 7.93. The lowest BCUT2D eigenvalue weighted by Gasteiger charge is -2.45. The van der Waals surface area contributed by atoms with E-state index in [4.69, 9.17) is 10.5 Å². The number of hydrogen-bond acceptors (Lipinski definition) is 3. The Labute approximate surface area is 129 Å². The van der Waals surface area contributed by atoms with Gasteiger partial charge >= 0.3 is 6.09 Å². The van der Waals surface area contributed by atoms with Crippen molar-refractivity contribution in [3.63, 3.8) is 0 Å². The molecule has 4 nitrogen and oxygen atoms in total.